The molecule has 22 heavy (non-hydrogen) atoms. The van der Waals surface area contributed by atoms with Gasteiger partial charge in [-0.1, -0.05) is 24.3 Å². The highest BCUT2D eigenvalue weighted by molar-refractivity contribution is 6.25. The number of nitrogens with two attached hydrogens (primary N) is 1. The normalized spacial score (nSPS) is 34.9. The summed E-state index contributed by atoms with van der Waals surface area (Å²) >= 11 is 5.62. The molecule has 0 unspecified atom stereocenters. The third-order valence-electron chi connectivity index (χ3n) is 3.46. The number of amidine groups is 1. The van der Waals surface area contributed by atoms with Crippen LogP contribution in [0.25, 0.3) is 0 Å². The van der Waals surface area contributed by atoms with Gasteiger partial charge in [-0.15, -0.1) is 0 Å². The van der Waals surface area contributed by atoms with Crippen molar-refractivity contribution >= 4 is 17.4 Å². The van der Waals surface area contributed by atoms with Gasteiger partial charge in [-0.05, 0) is 6.08 Å². The molecule has 2 rings (SSSR count). The summed E-state index contributed by atoms with van der Waals surface area (Å²) in [6.45, 7) is 3.11. The number of nitrogens with zero attached hydrogens (tertiary/aromatic N) is 4. The van der Waals surface area contributed by atoms with Crippen molar-refractivity contribution in [1.29, 1.82) is 5.53 Å². The van der Waals surface area contributed by atoms with Gasteiger partial charge in [0.25, 0.3) is 5.72 Å². The second-order valence-corrected chi connectivity index (χ2v) is 4.98. The Kier molecular flexibility index (Phi) is 4.74. The first-order valence-electron chi connectivity index (χ1n) is 6.31. The summed E-state index contributed by atoms with van der Waals surface area (Å²) in [5.74, 6) is -0.0868. The lowest BCUT2D eigenvalue weighted by Gasteiger charge is -2.31. The summed E-state index contributed by atoms with van der Waals surface area (Å²) in [6.07, 6.45) is 2.55. The van der Waals surface area contributed by atoms with Crippen molar-refractivity contribution in [2.45, 2.75) is 18.1 Å². The van der Waals surface area contributed by atoms with Crippen LogP contribution in [0.5, 0.6) is 0 Å². The van der Waals surface area contributed by atoms with E-state index in [1.165, 1.54) is 22.6 Å². The van der Waals surface area contributed by atoms with Crippen LogP contribution in [0, 0.1) is 11.4 Å². The van der Waals surface area contributed by atoms with Gasteiger partial charge in [0.1, 0.15) is 36.1 Å². The van der Waals surface area contributed by atoms with E-state index < -0.39 is 30.6 Å². The Labute approximate surface area is 131 Å². The average Bonchev–Trinajstić information content (AvgIpc) is 2.74. The van der Waals surface area contributed by atoms with Crippen LogP contribution in [0.1, 0.15) is 0 Å². The van der Waals surface area contributed by atoms with Gasteiger partial charge in [-0.25, -0.2) is 4.99 Å². The van der Waals surface area contributed by atoms with Crippen LogP contribution in [-0.4, -0.2) is 45.6 Å². The van der Waals surface area contributed by atoms with E-state index >= 15 is 0 Å². The maximum Gasteiger partial charge on any atom is 0.293 e. The molecule has 1 fully saturated rings. The lowest BCUT2D eigenvalue weighted by Crippen LogP contribution is -2.43. The van der Waals surface area contributed by atoms with E-state index in [9.17, 15) is 10.2 Å². The first-order valence-corrected chi connectivity index (χ1v) is 6.74. The molecule has 10 heteroatoms. The number of aliphatic hydroxyl groups is 2. The molecule has 0 aliphatic carbocycles. The third kappa shape index (κ3) is 2.68. The lowest BCUT2D eigenvalue weighted by atomic mass is 9.96. The molecule has 0 aromatic carbocycles. The molecule has 0 amide bonds. The van der Waals surface area contributed by atoms with E-state index in [4.69, 9.17) is 27.6 Å². The van der Waals surface area contributed by atoms with Gasteiger partial charge < -0.3 is 25.6 Å². The summed E-state index contributed by atoms with van der Waals surface area (Å²) in [6, 6.07) is 0. The Morgan fingerprint density at radius 2 is 2.45 bits per heavy atom. The van der Waals surface area contributed by atoms with E-state index in [0.717, 1.165) is 0 Å². The highest BCUT2D eigenvalue weighted by Crippen LogP contribution is 2.40. The smallest absolute Gasteiger partial charge is 0.293 e. The topological polar surface area (TPSA) is 142 Å². The van der Waals surface area contributed by atoms with E-state index in [0.29, 0.717) is 5.82 Å². The molecule has 0 spiro atoms. The third-order valence-corrected chi connectivity index (χ3v) is 3.60. The zero-order valence-corrected chi connectivity index (χ0v) is 12.3. The number of aliphatic hydroxyl groups excluding tert-OH is 2. The van der Waals surface area contributed by atoms with Crippen LogP contribution in [0.3, 0.4) is 0 Å². The second kappa shape index (κ2) is 6.39. The summed E-state index contributed by atoms with van der Waals surface area (Å²) in [4.78, 5) is 8.42. The number of aliphatic imine (C=N–C) groups is 1. The fourth-order valence-corrected chi connectivity index (χ4v) is 2.56. The molecular weight excluding hydrogens is 312 g/mol. The zero-order chi connectivity index (χ0) is 16.3. The SMILES string of the molecule is C=C1N=C(N)C=CN1[C@@H]1O[C@@](CO)(N=[N+]=N)[C@@H](O)[C@@H]1C=CCl. The van der Waals surface area contributed by atoms with Gasteiger partial charge in [-0.2, -0.15) is 0 Å². The summed E-state index contributed by atoms with van der Waals surface area (Å²) in [5.41, 5.74) is 11.9. The van der Waals surface area contributed by atoms with Crippen molar-refractivity contribution in [2.75, 3.05) is 6.61 Å². The van der Waals surface area contributed by atoms with Gasteiger partial charge in [-0.3, -0.25) is 0 Å². The fourth-order valence-electron chi connectivity index (χ4n) is 2.39. The molecule has 2 heterocycles. The predicted molar refractivity (Wildman–Crippen MR) is 78.2 cm³/mol. The molecule has 118 valence electrons. The average molecular weight is 328 g/mol. The highest BCUT2D eigenvalue weighted by atomic mass is 35.5. The van der Waals surface area contributed by atoms with Crippen molar-refractivity contribution in [3.05, 3.63) is 36.3 Å². The number of halogens is 1. The summed E-state index contributed by atoms with van der Waals surface area (Å²) in [7, 11) is 0. The standard InChI is InChI=1S/C12H16ClN6O3/c1-7-16-9(14)3-5-19(7)11-8(2-4-13)10(21)12(6-20,22-11)17-18-15/h2-5,8,10-11,15,20-21H,1,6H2,(H2,14,16)/q+1/t8-,10-,11+,12+/m0/s1. The molecule has 0 aromatic heterocycles. The minimum atomic E-state index is -1.76. The molecule has 4 atom stereocenters. The van der Waals surface area contributed by atoms with Gasteiger partial charge >= 0.3 is 0 Å². The number of hydrogen-bond donors (Lipinski definition) is 4. The van der Waals surface area contributed by atoms with Gasteiger partial charge in [0.2, 0.25) is 4.91 Å². The molecule has 0 saturated carbocycles. The molecule has 2 aliphatic heterocycles. The van der Waals surface area contributed by atoms with Crippen LogP contribution in [0.2, 0.25) is 0 Å². The molecule has 5 N–H and O–H groups in total. The van der Waals surface area contributed by atoms with Crippen LogP contribution in [0.15, 0.2) is 46.4 Å². The van der Waals surface area contributed by atoms with E-state index in [2.05, 4.69) is 21.6 Å². The van der Waals surface area contributed by atoms with Gasteiger partial charge in [0, 0.05) is 11.7 Å². The number of rotatable bonds is 4. The first kappa shape index (κ1) is 16.3. The molecule has 9 nitrogen and oxygen atoms in total. The van der Waals surface area contributed by atoms with Crippen LogP contribution in [0.4, 0.5) is 0 Å². The van der Waals surface area contributed by atoms with Gasteiger partial charge in [0.05, 0.1) is 5.92 Å². The van der Waals surface area contributed by atoms with Crippen molar-refractivity contribution in [3.8, 4) is 0 Å². The quantitative estimate of drug-likeness (QED) is 0.423. The van der Waals surface area contributed by atoms with Crippen LogP contribution in [-0.2, 0) is 4.74 Å². The van der Waals surface area contributed by atoms with Crippen LogP contribution >= 0.6 is 11.6 Å². The predicted octanol–water partition coefficient (Wildman–Crippen LogP) is -0.0310. The Morgan fingerprint density at radius 1 is 1.73 bits per heavy atom. The molecular formula is C12H16ClN6O3+. The maximum absolute atomic E-state index is 10.4. The second-order valence-electron chi connectivity index (χ2n) is 4.73. The Balaban J connectivity index is 2.40. The number of nitrogens with one attached hydrogen (secondary N) is 1. The monoisotopic (exact) mass is 327 g/mol. The Bertz CT molecular complexity index is 600. The first-order chi connectivity index (χ1) is 10.5. The lowest BCUT2D eigenvalue weighted by molar-refractivity contribution is -0.133. The summed E-state index contributed by atoms with van der Waals surface area (Å²) < 4.78 is 5.67. The highest BCUT2D eigenvalue weighted by Gasteiger charge is 2.59. The Hall–Kier alpha value is -2.03. The van der Waals surface area contributed by atoms with Crippen LogP contribution < -0.4 is 10.6 Å². The molecule has 0 bridgehead atoms. The van der Waals surface area contributed by atoms with Crippen molar-refractivity contribution < 1.29 is 14.9 Å². The molecule has 2 aliphatic rings. The fraction of sp³-hybridized carbons (Fsp3) is 0.417. The van der Waals surface area contributed by atoms with Gasteiger partial charge in [0.15, 0.2) is 5.11 Å². The molecule has 0 aromatic rings. The van der Waals surface area contributed by atoms with E-state index in [1.54, 1.807) is 6.20 Å². The molecule has 1 saturated heterocycles. The maximum atomic E-state index is 10.4. The number of hydrogen-bond acceptors (Lipinski definition) is 8. The van der Waals surface area contributed by atoms with Crippen molar-refractivity contribution in [1.82, 2.24) is 9.81 Å². The van der Waals surface area contributed by atoms with Crippen molar-refractivity contribution in [2.24, 2.45) is 21.8 Å². The Morgan fingerprint density at radius 3 is 3.00 bits per heavy atom. The largest absolute Gasteiger partial charge is 0.391 e. The summed E-state index contributed by atoms with van der Waals surface area (Å²) in [5, 5.41) is 23.5. The van der Waals surface area contributed by atoms with E-state index in [1.807, 2.05) is 0 Å². The minimum absolute atomic E-state index is 0.281. The number of ether oxygens (including phenoxy) is 1. The van der Waals surface area contributed by atoms with Crippen molar-refractivity contribution in [3.63, 3.8) is 0 Å². The minimum Gasteiger partial charge on any atom is -0.391 e. The molecule has 0 radical (unpaired) electrons. The van der Waals surface area contributed by atoms with E-state index in [-0.39, 0.29) is 5.84 Å². The zero-order valence-electron chi connectivity index (χ0n) is 11.5.